The average molecular weight is 281 g/mol. The third kappa shape index (κ3) is 4.06. The lowest BCUT2D eigenvalue weighted by Crippen LogP contribution is -2.41. The van der Waals surface area contributed by atoms with Gasteiger partial charge in [0.05, 0.1) is 12.8 Å². The monoisotopic (exact) mass is 281 g/mol. The molecule has 0 aliphatic heterocycles. The number of carboxylic acids is 1. The van der Waals surface area contributed by atoms with Crippen molar-refractivity contribution in [2.75, 3.05) is 6.54 Å². The summed E-state index contributed by atoms with van der Waals surface area (Å²) in [5.74, 6) is -0.775. The van der Waals surface area contributed by atoms with Crippen molar-refractivity contribution in [2.24, 2.45) is 0 Å². The minimum atomic E-state index is -0.841. The van der Waals surface area contributed by atoms with Crippen LogP contribution in [0.2, 0.25) is 0 Å². The van der Waals surface area contributed by atoms with E-state index in [9.17, 15) is 9.59 Å². The Hall–Kier alpha value is -1.36. The summed E-state index contributed by atoms with van der Waals surface area (Å²) in [5.41, 5.74) is 0. The molecule has 0 radical (unpaired) electrons. The summed E-state index contributed by atoms with van der Waals surface area (Å²) in [6.45, 7) is 0.338. The Kier molecular flexibility index (Phi) is 4.96. The number of nitrogens with zero attached hydrogens (tertiary/aromatic N) is 1. The van der Waals surface area contributed by atoms with E-state index in [-0.39, 0.29) is 18.4 Å². The molecule has 1 aromatic heterocycles. The number of carboxylic acid groups (broad SMARTS) is 1. The van der Waals surface area contributed by atoms with Gasteiger partial charge in [0.1, 0.15) is 0 Å². The van der Waals surface area contributed by atoms with E-state index in [4.69, 9.17) is 5.11 Å². The summed E-state index contributed by atoms with van der Waals surface area (Å²) in [6.07, 6.45) is 4.73. The van der Waals surface area contributed by atoms with Gasteiger partial charge in [-0.3, -0.25) is 9.59 Å². The number of aliphatic carboxylic acids is 1. The number of hydrogen-bond donors (Lipinski definition) is 1. The van der Waals surface area contributed by atoms with Crippen LogP contribution in [0, 0.1) is 0 Å². The zero-order chi connectivity index (χ0) is 13.7. The fraction of sp³-hybridized carbons (Fsp3) is 0.571. The molecule has 4 nitrogen and oxygen atoms in total. The fourth-order valence-electron chi connectivity index (χ4n) is 2.61. The lowest BCUT2D eigenvalue weighted by atomic mass is 10.1. The van der Waals surface area contributed by atoms with E-state index in [0.29, 0.717) is 13.0 Å². The Balaban J connectivity index is 1.98. The molecule has 0 atom stereocenters. The highest BCUT2D eigenvalue weighted by Gasteiger charge is 2.26. The highest BCUT2D eigenvalue weighted by atomic mass is 32.1. The molecule has 0 saturated heterocycles. The van der Waals surface area contributed by atoms with Crippen molar-refractivity contribution in [1.29, 1.82) is 0 Å². The Morgan fingerprint density at radius 3 is 2.68 bits per heavy atom. The molecular weight excluding hydrogens is 262 g/mol. The number of rotatable bonds is 6. The maximum atomic E-state index is 12.3. The third-order valence-electron chi connectivity index (χ3n) is 3.56. The van der Waals surface area contributed by atoms with Crippen LogP contribution in [-0.2, 0) is 16.0 Å². The number of amides is 1. The number of carbonyl (C=O) groups excluding carboxylic acids is 1. The molecule has 0 aromatic carbocycles. The highest BCUT2D eigenvalue weighted by molar-refractivity contribution is 7.10. The second kappa shape index (κ2) is 6.70. The summed E-state index contributed by atoms with van der Waals surface area (Å²) in [4.78, 5) is 25.9. The van der Waals surface area contributed by atoms with Crippen molar-refractivity contribution in [3.63, 3.8) is 0 Å². The molecule has 1 fully saturated rings. The van der Waals surface area contributed by atoms with Crippen molar-refractivity contribution in [3.8, 4) is 0 Å². The van der Waals surface area contributed by atoms with Gasteiger partial charge in [-0.25, -0.2) is 0 Å². The van der Waals surface area contributed by atoms with E-state index in [0.717, 1.165) is 30.6 Å². The molecule has 1 aliphatic rings. The van der Waals surface area contributed by atoms with E-state index < -0.39 is 5.97 Å². The van der Waals surface area contributed by atoms with Gasteiger partial charge in [-0.2, -0.15) is 0 Å². The second-order valence-electron chi connectivity index (χ2n) is 4.93. The molecule has 1 aliphatic carbocycles. The topological polar surface area (TPSA) is 57.6 Å². The molecule has 1 aromatic rings. The quantitative estimate of drug-likeness (QED) is 0.871. The van der Waals surface area contributed by atoms with Gasteiger partial charge in [-0.05, 0) is 24.3 Å². The number of carbonyl (C=O) groups is 2. The predicted octanol–water partition coefficient (Wildman–Crippen LogP) is 2.54. The van der Waals surface area contributed by atoms with Crippen molar-refractivity contribution >= 4 is 23.2 Å². The Labute approximate surface area is 117 Å². The molecule has 1 saturated carbocycles. The molecule has 104 valence electrons. The molecule has 0 unspecified atom stereocenters. The predicted molar refractivity (Wildman–Crippen MR) is 74.2 cm³/mol. The largest absolute Gasteiger partial charge is 0.481 e. The molecule has 2 rings (SSSR count). The summed E-state index contributed by atoms with van der Waals surface area (Å²) in [5, 5.41) is 10.8. The summed E-state index contributed by atoms with van der Waals surface area (Å²) >= 11 is 1.57. The maximum absolute atomic E-state index is 12.3. The van der Waals surface area contributed by atoms with Crippen LogP contribution in [0.15, 0.2) is 17.5 Å². The SMILES string of the molecule is O=C(O)CCN(C(=O)Cc1cccs1)C1CCCC1. The van der Waals surface area contributed by atoms with Gasteiger partial charge < -0.3 is 10.0 Å². The Morgan fingerprint density at radius 2 is 2.11 bits per heavy atom. The summed E-state index contributed by atoms with van der Waals surface area (Å²) in [7, 11) is 0. The number of hydrogen-bond acceptors (Lipinski definition) is 3. The van der Waals surface area contributed by atoms with Gasteiger partial charge >= 0.3 is 5.97 Å². The van der Waals surface area contributed by atoms with E-state index in [2.05, 4.69) is 0 Å². The molecule has 1 N–H and O–H groups in total. The zero-order valence-electron chi connectivity index (χ0n) is 10.9. The van der Waals surface area contributed by atoms with Crippen LogP contribution in [0.1, 0.15) is 37.0 Å². The van der Waals surface area contributed by atoms with Crippen LogP contribution < -0.4 is 0 Å². The van der Waals surface area contributed by atoms with Crippen LogP contribution in [0.5, 0.6) is 0 Å². The molecule has 1 heterocycles. The Morgan fingerprint density at radius 1 is 1.37 bits per heavy atom. The van der Waals surface area contributed by atoms with Gasteiger partial charge in [0.15, 0.2) is 0 Å². The summed E-state index contributed by atoms with van der Waals surface area (Å²) < 4.78 is 0. The second-order valence-corrected chi connectivity index (χ2v) is 5.96. The third-order valence-corrected chi connectivity index (χ3v) is 4.43. The van der Waals surface area contributed by atoms with Gasteiger partial charge in [0.25, 0.3) is 0 Å². The van der Waals surface area contributed by atoms with E-state index >= 15 is 0 Å². The zero-order valence-corrected chi connectivity index (χ0v) is 11.7. The molecular formula is C14H19NO3S. The highest BCUT2D eigenvalue weighted by Crippen LogP contribution is 2.24. The van der Waals surface area contributed by atoms with Gasteiger partial charge in [0.2, 0.25) is 5.91 Å². The van der Waals surface area contributed by atoms with Gasteiger partial charge in [0, 0.05) is 17.5 Å². The first-order valence-corrected chi connectivity index (χ1v) is 7.58. The van der Waals surface area contributed by atoms with E-state index in [1.165, 1.54) is 0 Å². The minimum absolute atomic E-state index is 0.0344. The van der Waals surface area contributed by atoms with Crippen LogP contribution in [0.25, 0.3) is 0 Å². The van der Waals surface area contributed by atoms with Crippen molar-refractivity contribution in [1.82, 2.24) is 4.90 Å². The molecule has 0 bridgehead atoms. The minimum Gasteiger partial charge on any atom is -0.481 e. The van der Waals surface area contributed by atoms with Crippen LogP contribution in [0.4, 0.5) is 0 Å². The molecule has 19 heavy (non-hydrogen) atoms. The standard InChI is InChI=1S/C14H19NO3S/c16-13(10-12-6-3-9-19-12)15(8-7-14(17)18)11-4-1-2-5-11/h3,6,9,11H,1-2,4-5,7-8,10H2,(H,17,18). The van der Waals surface area contributed by atoms with Crippen LogP contribution >= 0.6 is 11.3 Å². The van der Waals surface area contributed by atoms with Gasteiger partial charge in [-0.15, -0.1) is 11.3 Å². The van der Waals surface area contributed by atoms with Crippen molar-refractivity contribution < 1.29 is 14.7 Å². The molecule has 5 heteroatoms. The van der Waals surface area contributed by atoms with Crippen LogP contribution in [-0.4, -0.2) is 34.5 Å². The summed E-state index contributed by atoms with van der Waals surface area (Å²) in [6, 6.07) is 4.13. The first kappa shape index (κ1) is 14.1. The fourth-order valence-corrected chi connectivity index (χ4v) is 3.30. The van der Waals surface area contributed by atoms with E-state index in [1.807, 2.05) is 17.5 Å². The average Bonchev–Trinajstić information content (AvgIpc) is 3.01. The molecule has 0 spiro atoms. The lowest BCUT2D eigenvalue weighted by Gasteiger charge is -2.28. The van der Waals surface area contributed by atoms with Crippen LogP contribution in [0.3, 0.4) is 0 Å². The van der Waals surface area contributed by atoms with Crippen molar-refractivity contribution in [2.45, 2.75) is 44.6 Å². The smallest absolute Gasteiger partial charge is 0.305 e. The van der Waals surface area contributed by atoms with Crippen molar-refractivity contribution in [3.05, 3.63) is 22.4 Å². The molecule has 1 amide bonds. The Bertz CT molecular complexity index is 424. The normalized spacial score (nSPS) is 15.6. The first-order chi connectivity index (χ1) is 9.16. The van der Waals surface area contributed by atoms with Gasteiger partial charge in [-0.1, -0.05) is 18.9 Å². The number of thiophene rings is 1. The van der Waals surface area contributed by atoms with E-state index in [1.54, 1.807) is 16.2 Å². The lowest BCUT2D eigenvalue weighted by molar-refractivity contribution is -0.139. The maximum Gasteiger partial charge on any atom is 0.305 e. The first-order valence-electron chi connectivity index (χ1n) is 6.70.